The molecule has 0 saturated carbocycles. The number of nitrogens with one attached hydrogen (secondary N) is 1. The number of rotatable bonds is 6. The normalized spacial score (nSPS) is 16.5. The van der Waals surface area contributed by atoms with Crippen LogP contribution in [0.4, 0.5) is 10.1 Å². The molecule has 0 radical (unpaired) electrons. The van der Waals surface area contributed by atoms with Crippen molar-refractivity contribution in [2.45, 2.75) is 24.3 Å². The first kappa shape index (κ1) is 22.9. The van der Waals surface area contributed by atoms with Crippen LogP contribution in [0.2, 0.25) is 0 Å². The van der Waals surface area contributed by atoms with Crippen LogP contribution in [0.25, 0.3) is 0 Å². The predicted octanol–water partition coefficient (Wildman–Crippen LogP) is 4.05. The van der Waals surface area contributed by atoms with Gasteiger partial charge in [0.05, 0.1) is 22.9 Å². The quantitative estimate of drug-likeness (QED) is 0.568. The lowest BCUT2D eigenvalue weighted by Crippen LogP contribution is -2.27. The lowest BCUT2D eigenvalue weighted by atomic mass is 9.99. The van der Waals surface area contributed by atoms with Crippen molar-refractivity contribution < 1.29 is 21.2 Å². The van der Waals surface area contributed by atoms with Crippen LogP contribution in [0.3, 0.4) is 0 Å². The van der Waals surface area contributed by atoms with Crippen molar-refractivity contribution in [3.8, 4) is 0 Å². The van der Waals surface area contributed by atoms with Crippen molar-refractivity contribution >= 4 is 31.4 Å². The summed E-state index contributed by atoms with van der Waals surface area (Å²) in [6.07, 6.45) is 1.24. The monoisotopic (exact) mass is 487 g/mol. The fraction of sp³-hybridized carbons (Fsp3) is 0.174. The van der Waals surface area contributed by atoms with Gasteiger partial charge in [-0.05, 0) is 54.4 Å². The van der Waals surface area contributed by atoms with Crippen molar-refractivity contribution in [1.29, 1.82) is 0 Å². The summed E-state index contributed by atoms with van der Waals surface area (Å²) in [5.41, 5.74) is 2.72. The Hall–Kier alpha value is -3.24. The minimum absolute atomic E-state index is 0.0759. The van der Waals surface area contributed by atoms with Crippen molar-refractivity contribution in [2.75, 3.05) is 11.0 Å². The van der Waals surface area contributed by atoms with Crippen molar-refractivity contribution in [3.63, 3.8) is 0 Å². The smallest absolute Gasteiger partial charge is 0.279 e. The molecule has 33 heavy (non-hydrogen) atoms. The summed E-state index contributed by atoms with van der Waals surface area (Å²) in [6.45, 7) is 1.86. The van der Waals surface area contributed by atoms with E-state index >= 15 is 0 Å². The van der Waals surface area contributed by atoms with E-state index in [1.54, 1.807) is 42.5 Å². The van der Waals surface area contributed by atoms with Crippen molar-refractivity contribution in [1.82, 2.24) is 4.41 Å². The number of sulfonamides is 2. The number of nitrogens with zero attached hydrogens (tertiary/aromatic N) is 2. The molecule has 0 aromatic heterocycles. The van der Waals surface area contributed by atoms with Gasteiger partial charge in [-0.25, -0.2) is 12.8 Å². The van der Waals surface area contributed by atoms with E-state index in [1.807, 2.05) is 6.92 Å². The highest BCUT2D eigenvalue weighted by atomic mass is 32.2. The van der Waals surface area contributed by atoms with E-state index in [4.69, 9.17) is 0 Å². The molecule has 3 aromatic rings. The topological polar surface area (TPSA) is 95.9 Å². The summed E-state index contributed by atoms with van der Waals surface area (Å²) < 4.78 is 67.6. The number of halogens is 1. The fourth-order valence-electron chi connectivity index (χ4n) is 3.64. The van der Waals surface area contributed by atoms with E-state index in [0.29, 0.717) is 22.5 Å². The lowest BCUT2D eigenvalue weighted by Gasteiger charge is -2.23. The third kappa shape index (κ3) is 5.07. The van der Waals surface area contributed by atoms with E-state index in [-0.39, 0.29) is 11.3 Å². The zero-order valence-electron chi connectivity index (χ0n) is 17.9. The Labute approximate surface area is 192 Å². The van der Waals surface area contributed by atoms with Crippen LogP contribution in [0.1, 0.15) is 29.2 Å². The first-order chi connectivity index (χ1) is 15.5. The van der Waals surface area contributed by atoms with Crippen LogP contribution in [0.15, 0.2) is 82.8 Å². The first-order valence-electron chi connectivity index (χ1n) is 10.1. The van der Waals surface area contributed by atoms with Gasteiger partial charge in [-0.3, -0.25) is 4.72 Å². The highest BCUT2D eigenvalue weighted by Crippen LogP contribution is 2.37. The predicted molar refractivity (Wildman–Crippen MR) is 125 cm³/mol. The molecule has 1 N–H and O–H groups in total. The number of benzene rings is 3. The highest BCUT2D eigenvalue weighted by Gasteiger charge is 2.38. The molecule has 1 aliphatic heterocycles. The van der Waals surface area contributed by atoms with Crippen LogP contribution >= 0.6 is 0 Å². The van der Waals surface area contributed by atoms with Crippen LogP contribution in [-0.4, -0.2) is 33.2 Å². The van der Waals surface area contributed by atoms with Crippen LogP contribution in [0, 0.1) is 12.7 Å². The zero-order chi connectivity index (χ0) is 23.8. The molecule has 0 aliphatic carbocycles. The van der Waals surface area contributed by atoms with Gasteiger partial charge in [0, 0.05) is 12.1 Å². The third-order valence-corrected chi connectivity index (χ3v) is 7.47. The van der Waals surface area contributed by atoms with Gasteiger partial charge in [-0.15, -0.1) is 0 Å². The maximum absolute atomic E-state index is 14.0. The molecule has 0 bridgehead atoms. The maximum atomic E-state index is 14.0. The standard InChI is InChI=1S/C23H22FN3O4S2/c1-16-9-11-21(12-10-16)33(30,31)27-23(18-6-3-7-19(24)13-18)15-22(25-27)17-5-4-8-20(14-17)26-32(2,28)29/h3-14,23,26H,15H2,1-2H3. The summed E-state index contributed by atoms with van der Waals surface area (Å²) in [6, 6.07) is 18.0. The minimum atomic E-state index is -4.03. The Morgan fingerprint density at radius 1 is 0.970 bits per heavy atom. The van der Waals surface area contributed by atoms with Crippen molar-refractivity contribution in [2.24, 2.45) is 5.10 Å². The Bertz CT molecular complexity index is 1440. The Morgan fingerprint density at radius 3 is 2.33 bits per heavy atom. The van der Waals surface area contributed by atoms with Crippen LogP contribution < -0.4 is 4.72 Å². The van der Waals surface area contributed by atoms with Gasteiger partial charge in [-0.2, -0.15) is 17.9 Å². The largest absolute Gasteiger partial charge is 0.284 e. The maximum Gasteiger partial charge on any atom is 0.279 e. The molecule has 4 rings (SSSR count). The van der Waals surface area contributed by atoms with Crippen LogP contribution in [-0.2, 0) is 20.0 Å². The molecule has 1 atom stereocenters. The molecule has 7 nitrogen and oxygen atoms in total. The third-order valence-electron chi connectivity index (χ3n) is 5.17. The fourth-order valence-corrected chi connectivity index (χ4v) is 5.63. The second-order valence-corrected chi connectivity index (χ2v) is 11.4. The summed E-state index contributed by atoms with van der Waals surface area (Å²) in [4.78, 5) is 0.0759. The minimum Gasteiger partial charge on any atom is -0.284 e. The molecular formula is C23H22FN3O4S2. The summed E-state index contributed by atoms with van der Waals surface area (Å²) in [5, 5.41) is 4.42. The van der Waals surface area contributed by atoms with E-state index < -0.39 is 31.9 Å². The van der Waals surface area contributed by atoms with Gasteiger partial charge < -0.3 is 0 Å². The zero-order valence-corrected chi connectivity index (χ0v) is 19.6. The van der Waals surface area contributed by atoms with Gasteiger partial charge in [0.15, 0.2) is 0 Å². The SMILES string of the molecule is Cc1ccc(S(=O)(=O)N2N=C(c3cccc(NS(C)(=O)=O)c3)CC2c2cccc(F)c2)cc1. The number of hydrogen-bond acceptors (Lipinski definition) is 5. The van der Waals surface area contributed by atoms with Crippen LogP contribution in [0.5, 0.6) is 0 Å². The van der Waals surface area contributed by atoms with E-state index in [0.717, 1.165) is 16.2 Å². The molecule has 0 fully saturated rings. The number of hydrazone groups is 1. The molecular weight excluding hydrogens is 465 g/mol. The van der Waals surface area contributed by atoms with Gasteiger partial charge in [0.1, 0.15) is 5.82 Å². The molecule has 10 heteroatoms. The Morgan fingerprint density at radius 2 is 1.67 bits per heavy atom. The van der Waals surface area contributed by atoms with Gasteiger partial charge in [0.25, 0.3) is 10.0 Å². The Balaban J connectivity index is 1.79. The van der Waals surface area contributed by atoms with Gasteiger partial charge in [-0.1, -0.05) is 42.0 Å². The van der Waals surface area contributed by atoms with E-state index in [2.05, 4.69) is 9.82 Å². The second kappa shape index (κ2) is 8.60. The molecule has 1 aliphatic rings. The molecule has 172 valence electrons. The van der Waals surface area contributed by atoms with E-state index in [9.17, 15) is 21.2 Å². The summed E-state index contributed by atoms with van der Waals surface area (Å²) in [5.74, 6) is -0.479. The number of anilines is 1. The molecule has 1 heterocycles. The highest BCUT2D eigenvalue weighted by molar-refractivity contribution is 7.92. The second-order valence-electron chi connectivity index (χ2n) is 7.87. The average Bonchev–Trinajstić information content (AvgIpc) is 3.20. The molecule has 0 amide bonds. The molecule has 0 saturated heterocycles. The molecule has 3 aromatic carbocycles. The summed E-state index contributed by atoms with van der Waals surface area (Å²) in [7, 11) is -7.52. The van der Waals surface area contributed by atoms with Crippen molar-refractivity contribution in [3.05, 3.63) is 95.3 Å². The first-order valence-corrected chi connectivity index (χ1v) is 13.4. The number of hydrogen-bond donors (Lipinski definition) is 1. The molecule has 1 unspecified atom stereocenters. The summed E-state index contributed by atoms with van der Waals surface area (Å²) >= 11 is 0. The Kier molecular flexibility index (Phi) is 5.98. The molecule has 0 spiro atoms. The average molecular weight is 488 g/mol. The lowest BCUT2D eigenvalue weighted by molar-refractivity contribution is 0.370. The van der Waals surface area contributed by atoms with Gasteiger partial charge >= 0.3 is 0 Å². The number of aryl methyl sites for hydroxylation is 1. The van der Waals surface area contributed by atoms with Gasteiger partial charge in [0.2, 0.25) is 10.0 Å². The van der Waals surface area contributed by atoms with E-state index in [1.165, 1.54) is 30.3 Å².